The van der Waals surface area contributed by atoms with E-state index in [0.717, 1.165) is 5.69 Å². The molecule has 1 unspecified atom stereocenters. The lowest BCUT2D eigenvalue weighted by Crippen LogP contribution is -2.25. The van der Waals surface area contributed by atoms with Crippen molar-refractivity contribution in [2.24, 2.45) is 7.05 Å². The standard InChI is InChI=1S/C16H26N4O/c1-5-7-8-10-16(3,9-6-2)14-11-13(19-20(14)4)15-18-17-12-21-15/h11-12H,5-10H2,1-4H3. The monoisotopic (exact) mass is 290 g/mol. The van der Waals surface area contributed by atoms with Gasteiger partial charge in [-0.25, -0.2) is 0 Å². The number of nitrogens with zero attached hydrogens (tertiary/aromatic N) is 4. The fourth-order valence-corrected chi connectivity index (χ4v) is 3.12. The van der Waals surface area contributed by atoms with E-state index in [1.807, 2.05) is 11.7 Å². The van der Waals surface area contributed by atoms with Crippen molar-refractivity contribution in [3.05, 3.63) is 18.2 Å². The second kappa shape index (κ2) is 6.87. The van der Waals surface area contributed by atoms with Gasteiger partial charge in [0.2, 0.25) is 6.39 Å². The minimum Gasteiger partial charge on any atom is -0.422 e. The molecule has 2 aromatic heterocycles. The molecule has 0 spiro atoms. The van der Waals surface area contributed by atoms with Crippen LogP contribution in [-0.4, -0.2) is 20.0 Å². The summed E-state index contributed by atoms with van der Waals surface area (Å²) in [7, 11) is 2.00. The minimum absolute atomic E-state index is 0.157. The van der Waals surface area contributed by atoms with Crippen LogP contribution in [0.1, 0.15) is 65.0 Å². The molecule has 0 aromatic carbocycles. The van der Waals surface area contributed by atoms with Crippen molar-refractivity contribution in [2.75, 3.05) is 0 Å². The van der Waals surface area contributed by atoms with Gasteiger partial charge in [0.05, 0.1) is 0 Å². The summed E-state index contributed by atoms with van der Waals surface area (Å²) in [4.78, 5) is 0. The van der Waals surface area contributed by atoms with Crippen molar-refractivity contribution in [1.29, 1.82) is 0 Å². The van der Waals surface area contributed by atoms with Crippen LogP contribution in [0.5, 0.6) is 0 Å². The summed E-state index contributed by atoms with van der Waals surface area (Å²) in [6.45, 7) is 6.84. The molecular weight excluding hydrogens is 264 g/mol. The molecule has 0 saturated heterocycles. The molecule has 0 amide bonds. The Bertz CT molecular complexity index is 547. The normalized spacial score (nSPS) is 14.3. The quantitative estimate of drug-likeness (QED) is 0.686. The molecule has 0 radical (unpaired) electrons. The topological polar surface area (TPSA) is 56.7 Å². The van der Waals surface area contributed by atoms with Gasteiger partial charge in [0.1, 0.15) is 5.69 Å². The maximum atomic E-state index is 5.26. The van der Waals surface area contributed by atoms with Gasteiger partial charge >= 0.3 is 0 Å². The number of aromatic nitrogens is 4. The molecular formula is C16H26N4O. The van der Waals surface area contributed by atoms with Crippen molar-refractivity contribution in [3.63, 3.8) is 0 Å². The zero-order chi connectivity index (χ0) is 15.3. The lowest BCUT2D eigenvalue weighted by atomic mass is 9.77. The number of rotatable bonds is 8. The van der Waals surface area contributed by atoms with E-state index in [2.05, 4.69) is 42.1 Å². The van der Waals surface area contributed by atoms with Crippen LogP contribution >= 0.6 is 0 Å². The molecule has 0 aliphatic rings. The Morgan fingerprint density at radius 1 is 1.19 bits per heavy atom. The summed E-state index contributed by atoms with van der Waals surface area (Å²) in [5.41, 5.74) is 2.18. The molecule has 0 aliphatic heterocycles. The highest BCUT2D eigenvalue weighted by atomic mass is 16.4. The molecule has 5 nitrogen and oxygen atoms in total. The van der Waals surface area contributed by atoms with Crippen LogP contribution in [0.3, 0.4) is 0 Å². The molecule has 0 saturated carbocycles. The molecule has 0 N–H and O–H groups in total. The van der Waals surface area contributed by atoms with Crippen LogP contribution in [-0.2, 0) is 12.5 Å². The van der Waals surface area contributed by atoms with Crippen LogP contribution in [0.4, 0.5) is 0 Å². The largest absolute Gasteiger partial charge is 0.422 e. The first kappa shape index (κ1) is 15.7. The SMILES string of the molecule is CCCCCC(C)(CCC)c1cc(-c2nnco2)nn1C. The highest BCUT2D eigenvalue weighted by Gasteiger charge is 2.29. The van der Waals surface area contributed by atoms with Crippen molar-refractivity contribution >= 4 is 0 Å². The van der Waals surface area contributed by atoms with E-state index in [0.29, 0.717) is 5.89 Å². The molecule has 1 atom stereocenters. The molecule has 21 heavy (non-hydrogen) atoms. The van der Waals surface area contributed by atoms with Crippen LogP contribution < -0.4 is 0 Å². The Balaban J connectivity index is 2.27. The van der Waals surface area contributed by atoms with Crippen molar-refractivity contribution in [3.8, 4) is 11.6 Å². The van der Waals surface area contributed by atoms with Crippen LogP contribution in [0.25, 0.3) is 11.6 Å². The number of aryl methyl sites for hydroxylation is 1. The van der Waals surface area contributed by atoms with Crippen LogP contribution in [0.2, 0.25) is 0 Å². The second-order valence-corrected chi connectivity index (χ2v) is 6.05. The predicted molar refractivity (Wildman–Crippen MR) is 82.9 cm³/mol. The highest BCUT2D eigenvalue weighted by molar-refractivity contribution is 5.47. The first-order valence-electron chi connectivity index (χ1n) is 7.91. The Labute approximate surface area is 126 Å². The third-order valence-electron chi connectivity index (χ3n) is 4.21. The summed E-state index contributed by atoms with van der Waals surface area (Å²) in [5.74, 6) is 0.490. The number of hydrogen-bond donors (Lipinski definition) is 0. The van der Waals surface area contributed by atoms with Crippen molar-refractivity contribution in [1.82, 2.24) is 20.0 Å². The van der Waals surface area contributed by atoms with Crippen LogP contribution in [0.15, 0.2) is 16.9 Å². The smallest absolute Gasteiger partial charge is 0.267 e. The minimum atomic E-state index is 0.157. The van der Waals surface area contributed by atoms with E-state index in [1.54, 1.807) is 0 Å². The molecule has 2 rings (SSSR count). The Morgan fingerprint density at radius 2 is 2.00 bits per heavy atom. The summed E-state index contributed by atoms with van der Waals surface area (Å²) in [6.07, 6.45) is 8.67. The Morgan fingerprint density at radius 3 is 2.62 bits per heavy atom. The second-order valence-electron chi connectivity index (χ2n) is 6.05. The average molecular weight is 290 g/mol. The van der Waals surface area contributed by atoms with Gasteiger partial charge in [-0.15, -0.1) is 10.2 Å². The van der Waals surface area contributed by atoms with E-state index in [4.69, 9.17) is 4.42 Å². The van der Waals surface area contributed by atoms with Gasteiger partial charge in [-0.3, -0.25) is 4.68 Å². The summed E-state index contributed by atoms with van der Waals surface area (Å²) >= 11 is 0. The Hall–Kier alpha value is -1.65. The lowest BCUT2D eigenvalue weighted by molar-refractivity contribution is 0.355. The van der Waals surface area contributed by atoms with Crippen molar-refractivity contribution in [2.45, 2.75) is 64.7 Å². The van der Waals surface area contributed by atoms with Crippen LogP contribution in [0, 0.1) is 0 Å². The van der Waals surface area contributed by atoms with E-state index in [-0.39, 0.29) is 5.41 Å². The Kier molecular flexibility index (Phi) is 5.15. The summed E-state index contributed by atoms with van der Waals surface area (Å²) < 4.78 is 7.23. The summed E-state index contributed by atoms with van der Waals surface area (Å²) in [6, 6.07) is 2.11. The van der Waals surface area contributed by atoms with Gasteiger partial charge < -0.3 is 4.42 Å². The van der Waals surface area contributed by atoms with Gasteiger partial charge in [0.15, 0.2) is 0 Å². The molecule has 2 aromatic rings. The zero-order valence-corrected chi connectivity index (χ0v) is 13.6. The zero-order valence-electron chi connectivity index (χ0n) is 13.6. The van der Waals surface area contributed by atoms with Gasteiger partial charge in [-0.05, 0) is 18.9 Å². The lowest BCUT2D eigenvalue weighted by Gasteiger charge is -2.29. The fraction of sp³-hybridized carbons (Fsp3) is 0.688. The van der Waals surface area contributed by atoms with E-state index in [9.17, 15) is 0 Å². The number of unbranched alkanes of at least 4 members (excludes halogenated alkanes) is 2. The molecule has 0 bridgehead atoms. The molecule has 116 valence electrons. The highest BCUT2D eigenvalue weighted by Crippen LogP contribution is 2.35. The maximum absolute atomic E-state index is 5.26. The van der Waals surface area contributed by atoms with Gasteiger partial charge in [0.25, 0.3) is 5.89 Å². The van der Waals surface area contributed by atoms with Gasteiger partial charge in [-0.1, -0.05) is 46.5 Å². The number of hydrogen-bond acceptors (Lipinski definition) is 4. The predicted octanol–water partition coefficient (Wildman–Crippen LogP) is 4.11. The van der Waals surface area contributed by atoms with Gasteiger partial charge in [-0.2, -0.15) is 5.10 Å². The first-order valence-corrected chi connectivity index (χ1v) is 7.91. The maximum Gasteiger partial charge on any atom is 0.267 e. The van der Waals surface area contributed by atoms with E-state index >= 15 is 0 Å². The molecule has 0 fully saturated rings. The fourth-order valence-electron chi connectivity index (χ4n) is 3.12. The van der Waals surface area contributed by atoms with Gasteiger partial charge in [0, 0.05) is 18.2 Å². The summed E-state index contributed by atoms with van der Waals surface area (Å²) in [5, 5.41) is 12.2. The van der Waals surface area contributed by atoms with Crippen molar-refractivity contribution < 1.29 is 4.42 Å². The van der Waals surface area contributed by atoms with E-state index in [1.165, 1.54) is 50.6 Å². The molecule has 2 heterocycles. The third-order valence-corrected chi connectivity index (χ3v) is 4.21. The van der Waals surface area contributed by atoms with E-state index < -0.39 is 0 Å². The molecule has 5 heteroatoms. The third kappa shape index (κ3) is 3.52. The molecule has 0 aliphatic carbocycles. The first-order chi connectivity index (χ1) is 10.1. The average Bonchev–Trinajstić information content (AvgIpc) is 3.08.